The first-order valence-electron chi connectivity index (χ1n) is 11.8. The smallest absolute Gasteiger partial charge is 0.255 e. The van der Waals surface area contributed by atoms with Gasteiger partial charge in [-0.2, -0.15) is 0 Å². The van der Waals surface area contributed by atoms with Crippen molar-refractivity contribution in [3.63, 3.8) is 0 Å². The first-order valence-corrected chi connectivity index (χ1v) is 12.7. The monoisotopic (exact) mass is 498 g/mol. The second-order valence-corrected chi connectivity index (χ2v) is 10.3. The van der Waals surface area contributed by atoms with Crippen molar-refractivity contribution in [1.29, 1.82) is 0 Å². The number of anilines is 2. The van der Waals surface area contributed by atoms with Crippen molar-refractivity contribution >= 4 is 29.2 Å². The van der Waals surface area contributed by atoms with E-state index in [2.05, 4.69) is 49.0 Å². The van der Waals surface area contributed by atoms with E-state index in [1.807, 2.05) is 48.5 Å². The minimum absolute atomic E-state index is 0.193. The minimum atomic E-state index is -0.193. The third-order valence-corrected chi connectivity index (χ3v) is 6.22. The highest BCUT2D eigenvalue weighted by Crippen LogP contribution is 2.25. The topological polar surface area (TPSA) is 70.6 Å². The number of aryl methyl sites for hydroxylation is 1. The molecule has 3 N–H and O–H groups in total. The molecule has 0 aliphatic heterocycles. The first-order chi connectivity index (χ1) is 17.4. The highest BCUT2D eigenvalue weighted by molar-refractivity contribution is 8.01. The number of phenols is 1. The Kier molecular flexibility index (Phi) is 8.18. The van der Waals surface area contributed by atoms with Crippen LogP contribution in [-0.2, 0) is 6.61 Å². The highest BCUT2D eigenvalue weighted by Gasteiger charge is 2.08. The number of ether oxygens (including phenoxy) is 1. The number of phenolic OH excluding ortho intramolecular Hbond substituents is 1. The number of rotatable bonds is 9. The molecule has 0 unspecified atom stereocenters. The van der Waals surface area contributed by atoms with Crippen molar-refractivity contribution in [2.24, 2.45) is 0 Å². The lowest BCUT2D eigenvalue weighted by Crippen LogP contribution is -2.11. The third-order valence-electron chi connectivity index (χ3n) is 5.39. The van der Waals surface area contributed by atoms with Gasteiger partial charge in [-0.05, 0) is 89.7 Å². The molecule has 0 aliphatic rings. The lowest BCUT2D eigenvalue weighted by atomic mass is 10.0. The summed E-state index contributed by atoms with van der Waals surface area (Å²) in [7, 11) is 0. The van der Waals surface area contributed by atoms with Crippen LogP contribution in [0.3, 0.4) is 0 Å². The molecule has 0 aromatic heterocycles. The molecule has 0 saturated heterocycles. The van der Waals surface area contributed by atoms with E-state index in [9.17, 15) is 9.90 Å². The molecule has 0 heterocycles. The average Bonchev–Trinajstić information content (AvgIpc) is 2.87. The van der Waals surface area contributed by atoms with Crippen LogP contribution in [0.25, 0.3) is 11.1 Å². The summed E-state index contributed by atoms with van der Waals surface area (Å²) < 4.78 is 9.41. The summed E-state index contributed by atoms with van der Waals surface area (Å²) in [5.74, 6) is 0.715. The fourth-order valence-corrected chi connectivity index (χ4v) is 4.18. The van der Waals surface area contributed by atoms with E-state index in [-0.39, 0.29) is 11.7 Å². The van der Waals surface area contributed by atoms with Gasteiger partial charge in [0.25, 0.3) is 5.91 Å². The fourth-order valence-electron chi connectivity index (χ4n) is 3.69. The molecule has 4 rings (SSSR count). The van der Waals surface area contributed by atoms with Gasteiger partial charge in [-0.15, -0.1) is 0 Å². The van der Waals surface area contributed by atoms with Crippen molar-refractivity contribution in [3.05, 3.63) is 108 Å². The van der Waals surface area contributed by atoms with Gasteiger partial charge in [-0.25, -0.2) is 0 Å². The standard InChI is InChI=1S/C30H30N2O3S/c1-20(2)36-32-27-16-21(3)15-22(17-27)19-35-29-6-4-5-26(18-29)31-30(34)25-9-7-23(8-10-25)24-11-13-28(33)14-12-24/h4-18,20,32-33H,19H2,1-3H3,(H,31,34). The molecule has 184 valence electrons. The first kappa shape index (κ1) is 25.2. The maximum atomic E-state index is 12.8. The van der Waals surface area contributed by atoms with E-state index in [1.165, 1.54) is 5.56 Å². The Balaban J connectivity index is 1.37. The number of benzene rings is 4. The Morgan fingerprint density at radius 1 is 0.889 bits per heavy atom. The summed E-state index contributed by atoms with van der Waals surface area (Å²) in [5.41, 5.74) is 6.47. The van der Waals surface area contributed by atoms with Gasteiger partial charge in [0.1, 0.15) is 18.1 Å². The zero-order valence-corrected chi connectivity index (χ0v) is 21.4. The van der Waals surface area contributed by atoms with Crippen molar-refractivity contribution in [1.82, 2.24) is 0 Å². The van der Waals surface area contributed by atoms with Crippen LogP contribution < -0.4 is 14.8 Å². The molecule has 6 heteroatoms. The number of aromatic hydroxyl groups is 1. The van der Waals surface area contributed by atoms with Gasteiger partial charge in [-0.3, -0.25) is 4.79 Å². The van der Waals surface area contributed by atoms with Gasteiger partial charge in [0.15, 0.2) is 0 Å². The van der Waals surface area contributed by atoms with E-state index in [4.69, 9.17) is 4.74 Å². The molecule has 0 radical (unpaired) electrons. The molecule has 0 atom stereocenters. The Morgan fingerprint density at radius 3 is 2.28 bits per heavy atom. The fraction of sp³-hybridized carbons (Fsp3) is 0.167. The van der Waals surface area contributed by atoms with Crippen LogP contribution in [0.5, 0.6) is 11.5 Å². The van der Waals surface area contributed by atoms with Gasteiger partial charge >= 0.3 is 0 Å². The number of hydrogen-bond acceptors (Lipinski definition) is 5. The van der Waals surface area contributed by atoms with Gasteiger partial charge in [0.2, 0.25) is 0 Å². The maximum Gasteiger partial charge on any atom is 0.255 e. The summed E-state index contributed by atoms with van der Waals surface area (Å²) in [4.78, 5) is 12.8. The lowest BCUT2D eigenvalue weighted by molar-refractivity contribution is 0.102. The molecule has 0 saturated carbocycles. The predicted molar refractivity (Wildman–Crippen MR) is 150 cm³/mol. The molecular formula is C30H30N2O3S. The molecule has 1 amide bonds. The summed E-state index contributed by atoms with van der Waals surface area (Å²) in [6.07, 6.45) is 0. The molecule has 5 nitrogen and oxygen atoms in total. The highest BCUT2D eigenvalue weighted by atomic mass is 32.2. The van der Waals surface area contributed by atoms with E-state index >= 15 is 0 Å². The molecule has 0 aliphatic carbocycles. The zero-order valence-electron chi connectivity index (χ0n) is 20.6. The molecule has 0 fully saturated rings. The van der Waals surface area contributed by atoms with Crippen LogP contribution in [0.1, 0.15) is 35.3 Å². The van der Waals surface area contributed by atoms with Crippen LogP contribution in [-0.4, -0.2) is 16.3 Å². The van der Waals surface area contributed by atoms with E-state index in [0.29, 0.717) is 28.9 Å². The minimum Gasteiger partial charge on any atom is -0.508 e. The van der Waals surface area contributed by atoms with Crippen molar-refractivity contribution in [2.75, 3.05) is 10.0 Å². The second-order valence-electron chi connectivity index (χ2n) is 8.87. The number of hydrogen-bond donors (Lipinski definition) is 3. The average molecular weight is 499 g/mol. The van der Waals surface area contributed by atoms with E-state index in [1.54, 1.807) is 36.2 Å². The Morgan fingerprint density at radius 2 is 1.58 bits per heavy atom. The van der Waals surface area contributed by atoms with Crippen LogP contribution in [0.2, 0.25) is 0 Å². The Labute approximate surface area is 216 Å². The predicted octanol–water partition coefficient (Wildman–Crippen LogP) is 7.67. The molecule has 4 aromatic carbocycles. The summed E-state index contributed by atoms with van der Waals surface area (Å²) in [5, 5.41) is 12.9. The number of nitrogens with one attached hydrogen (secondary N) is 2. The molecular weight excluding hydrogens is 468 g/mol. The van der Waals surface area contributed by atoms with Crippen LogP contribution >= 0.6 is 11.9 Å². The Hall–Kier alpha value is -3.90. The summed E-state index contributed by atoms with van der Waals surface area (Å²) in [6.45, 7) is 6.80. The number of carbonyl (C=O) groups is 1. The molecule has 36 heavy (non-hydrogen) atoms. The SMILES string of the molecule is Cc1cc(COc2cccc(NC(=O)c3ccc(-c4ccc(O)cc4)cc3)c2)cc(NSC(C)C)c1. The molecule has 0 spiro atoms. The lowest BCUT2D eigenvalue weighted by Gasteiger charge is -2.13. The Bertz CT molecular complexity index is 1320. The van der Waals surface area contributed by atoms with Gasteiger partial charge in [0.05, 0.1) is 0 Å². The number of amides is 1. The second kappa shape index (κ2) is 11.7. The van der Waals surface area contributed by atoms with E-state index < -0.39 is 0 Å². The van der Waals surface area contributed by atoms with Crippen molar-refractivity contribution in [3.8, 4) is 22.6 Å². The number of carbonyl (C=O) groups excluding carboxylic acids is 1. The van der Waals surface area contributed by atoms with Gasteiger partial charge in [-0.1, -0.05) is 50.2 Å². The van der Waals surface area contributed by atoms with Crippen LogP contribution in [0.15, 0.2) is 91.0 Å². The summed E-state index contributed by atoms with van der Waals surface area (Å²) >= 11 is 1.68. The largest absolute Gasteiger partial charge is 0.508 e. The molecule has 0 bridgehead atoms. The normalized spacial score (nSPS) is 10.8. The zero-order chi connectivity index (χ0) is 25.5. The molecule has 4 aromatic rings. The maximum absolute atomic E-state index is 12.8. The quantitative estimate of drug-likeness (QED) is 0.207. The van der Waals surface area contributed by atoms with Crippen molar-refractivity contribution in [2.45, 2.75) is 32.6 Å². The van der Waals surface area contributed by atoms with Gasteiger partial charge in [0, 0.05) is 28.3 Å². The third kappa shape index (κ3) is 7.06. The van der Waals surface area contributed by atoms with Crippen LogP contribution in [0.4, 0.5) is 11.4 Å². The van der Waals surface area contributed by atoms with E-state index in [0.717, 1.165) is 22.4 Å². The van der Waals surface area contributed by atoms with Crippen molar-refractivity contribution < 1.29 is 14.6 Å². The van der Waals surface area contributed by atoms with Crippen LogP contribution in [0, 0.1) is 6.92 Å². The summed E-state index contributed by atoms with van der Waals surface area (Å²) in [6, 6.07) is 28.1. The van der Waals surface area contributed by atoms with Gasteiger partial charge < -0.3 is 19.9 Å².